The number of benzene rings is 2. The highest BCUT2D eigenvalue weighted by Crippen LogP contribution is 2.18. The van der Waals surface area contributed by atoms with Crippen molar-refractivity contribution >= 4 is 28.3 Å². The average Bonchev–Trinajstić information content (AvgIpc) is 2.61. The van der Waals surface area contributed by atoms with E-state index in [9.17, 15) is 9.59 Å². The Bertz CT molecular complexity index is 868. The van der Waals surface area contributed by atoms with E-state index in [2.05, 4.69) is 15.0 Å². The van der Waals surface area contributed by atoms with E-state index in [-0.39, 0.29) is 5.91 Å². The highest BCUT2D eigenvalue weighted by Gasteiger charge is 2.12. The predicted octanol–water partition coefficient (Wildman–Crippen LogP) is 3.27. The smallest absolute Gasteiger partial charge is 0.337 e. The third-order valence-electron chi connectivity index (χ3n) is 3.45. The normalized spacial score (nSPS) is 10.3. The third-order valence-corrected chi connectivity index (χ3v) is 3.45. The van der Waals surface area contributed by atoms with Crippen molar-refractivity contribution in [2.75, 3.05) is 12.4 Å². The summed E-state index contributed by atoms with van der Waals surface area (Å²) >= 11 is 0. The zero-order valence-electron chi connectivity index (χ0n) is 12.4. The van der Waals surface area contributed by atoms with Gasteiger partial charge in [-0.3, -0.25) is 9.78 Å². The summed E-state index contributed by atoms with van der Waals surface area (Å²) in [5.41, 5.74) is 1.37. The molecule has 23 heavy (non-hydrogen) atoms. The molecule has 0 saturated carbocycles. The highest BCUT2D eigenvalue weighted by atomic mass is 16.5. The average molecular weight is 306 g/mol. The van der Waals surface area contributed by atoms with Crippen LogP contribution in [0.2, 0.25) is 0 Å². The number of fused-ring (bicyclic) bond motifs is 1. The lowest BCUT2D eigenvalue weighted by Gasteiger charge is -2.07. The monoisotopic (exact) mass is 306 g/mol. The van der Waals surface area contributed by atoms with Crippen LogP contribution in [0.1, 0.15) is 20.8 Å². The first kappa shape index (κ1) is 14.7. The molecule has 0 radical (unpaired) electrons. The summed E-state index contributed by atoms with van der Waals surface area (Å²) in [5.74, 6) is -0.716. The SMILES string of the molecule is COC(=O)c1ccc(NC(=O)c2nccc3ccccc23)cc1. The first-order chi connectivity index (χ1) is 11.2. The van der Waals surface area contributed by atoms with Crippen LogP contribution in [-0.2, 0) is 4.74 Å². The van der Waals surface area contributed by atoms with E-state index in [0.717, 1.165) is 10.8 Å². The number of hydrogen-bond acceptors (Lipinski definition) is 4. The fraction of sp³-hybridized carbons (Fsp3) is 0.0556. The van der Waals surface area contributed by atoms with Gasteiger partial charge in [-0.1, -0.05) is 24.3 Å². The van der Waals surface area contributed by atoms with Gasteiger partial charge in [0.1, 0.15) is 5.69 Å². The first-order valence-electron chi connectivity index (χ1n) is 7.02. The largest absolute Gasteiger partial charge is 0.465 e. The van der Waals surface area contributed by atoms with Gasteiger partial charge >= 0.3 is 5.97 Å². The molecule has 0 spiro atoms. The number of nitrogens with one attached hydrogen (secondary N) is 1. The topological polar surface area (TPSA) is 68.3 Å². The number of hydrogen-bond donors (Lipinski definition) is 1. The number of ether oxygens (including phenoxy) is 1. The fourth-order valence-corrected chi connectivity index (χ4v) is 2.30. The van der Waals surface area contributed by atoms with E-state index in [1.807, 2.05) is 30.3 Å². The molecule has 3 aromatic rings. The van der Waals surface area contributed by atoms with Crippen molar-refractivity contribution in [3.8, 4) is 0 Å². The molecule has 5 nitrogen and oxygen atoms in total. The molecular weight excluding hydrogens is 292 g/mol. The van der Waals surface area contributed by atoms with Gasteiger partial charge < -0.3 is 10.1 Å². The van der Waals surface area contributed by atoms with E-state index in [0.29, 0.717) is 16.9 Å². The molecule has 2 aromatic carbocycles. The van der Waals surface area contributed by atoms with Crippen molar-refractivity contribution in [3.63, 3.8) is 0 Å². The van der Waals surface area contributed by atoms with Crippen LogP contribution in [-0.4, -0.2) is 24.0 Å². The Morgan fingerprint density at radius 2 is 1.74 bits per heavy atom. The second-order valence-corrected chi connectivity index (χ2v) is 4.90. The maximum Gasteiger partial charge on any atom is 0.337 e. The highest BCUT2D eigenvalue weighted by molar-refractivity contribution is 6.11. The summed E-state index contributed by atoms with van der Waals surface area (Å²) in [6.45, 7) is 0. The molecule has 0 aliphatic rings. The van der Waals surface area contributed by atoms with Crippen molar-refractivity contribution in [1.29, 1.82) is 0 Å². The number of aromatic nitrogens is 1. The molecular formula is C18H14N2O3. The van der Waals surface area contributed by atoms with E-state index in [1.165, 1.54) is 7.11 Å². The number of rotatable bonds is 3. The van der Waals surface area contributed by atoms with Crippen LogP contribution in [0.15, 0.2) is 60.8 Å². The summed E-state index contributed by atoms with van der Waals surface area (Å²) in [6.07, 6.45) is 1.61. The van der Waals surface area contributed by atoms with Gasteiger partial charge in [0, 0.05) is 17.3 Å². The first-order valence-corrected chi connectivity index (χ1v) is 7.02. The van der Waals surface area contributed by atoms with Gasteiger partial charge in [-0.2, -0.15) is 0 Å². The van der Waals surface area contributed by atoms with Crippen molar-refractivity contribution < 1.29 is 14.3 Å². The summed E-state index contributed by atoms with van der Waals surface area (Å²) < 4.78 is 4.64. The summed E-state index contributed by atoms with van der Waals surface area (Å²) in [5, 5.41) is 4.52. The van der Waals surface area contributed by atoms with Gasteiger partial charge in [-0.05, 0) is 35.7 Å². The standard InChI is InChI=1S/C18H14N2O3/c1-23-18(22)13-6-8-14(9-7-13)20-17(21)16-15-5-3-2-4-12(15)10-11-19-16/h2-11H,1H3,(H,20,21). The van der Waals surface area contributed by atoms with Crippen LogP contribution >= 0.6 is 0 Å². The van der Waals surface area contributed by atoms with E-state index in [4.69, 9.17) is 0 Å². The van der Waals surface area contributed by atoms with Crippen LogP contribution < -0.4 is 5.32 Å². The van der Waals surface area contributed by atoms with E-state index in [1.54, 1.807) is 30.5 Å². The molecule has 0 bridgehead atoms. The van der Waals surface area contributed by atoms with Gasteiger partial charge in [-0.25, -0.2) is 4.79 Å². The van der Waals surface area contributed by atoms with E-state index >= 15 is 0 Å². The lowest BCUT2D eigenvalue weighted by Crippen LogP contribution is -2.14. The van der Waals surface area contributed by atoms with Crippen LogP contribution in [0.4, 0.5) is 5.69 Å². The summed E-state index contributed by atoms with van der Waals surface area (Å²) in [6, 6.07) is 15.9. The number of amides is 1. The predicted molar refractivity (Wildman–Crippen MR) is 87.5 cm³/mol. The van der Waals surface area contributed by atoms with Crippen molar-refractivity contribution in [2.45, 2.75) is 0 Å². The second kappa shape index (κ2) is 6.27. The fourth-order valence-electron chi connectivity index (χ4n) is 2.30. The third kappa shape index (κ3) is 3.03. The second-order valence-electron chi connectivity index (χ2n) is 4.90. The number of nitrogens with zero attached hydrogens (tertiary/aromatic N) is 1. The number of carbonyl (C=O) groups is 2. The maximum atomic E-state index is 12.4. The van der Waals surface area contributed by atoms with Gasteiger partial charge in [0.15, 0.2) is 0 Å². The number of esters is 1. The Labute approximate surface area is 132 Å². The van der Waals surface area contributed by atoms with Gasteiger partial charge in [0.2, 0.25) is 0 Å². The maximum absolute atomic E-state index is 12.4. The molecule has 0 unspecified atom stereocenters. The Kier molecular flexibility index (Phi) is 4.01. The Morgan fingerprint density at radius 3 is 2.48 bits per heavy atom. The minimum absolute atomic E-state index is 0.299. The molecule has 0 saturated heterocycles. The molecule has 0 aliphatic carbocycles. The summed E-state index contributed by atoms with van der Waals surface area (Å²) in [4.78, 5) is 28.0. The lowest BCUT2D eigenvalue weighted by molar-refractivity contribution is 0.0600. The van der Waals surface area contributed by atoms with Crippen molar-refractivity contribution in [1.82, 2.24) is 4.98 Å². The lowest BCUT2D eigenvalue weighted by atomic mass is 10.1. The molecule has 1 heterocycles. The Hall–Kier alpha value is -3.21. The van der Waals surface area contributed by atoms with Crippen molar-refractivity contribution in [3.05, 3.63) is 72.1 Å². The molecule has 3 rings (SSSR count). The summed E-state index contributed by atoms with van der Waals surface area (Å²) in [7, 11) is 1.32. The number of pyridine rings is 1. The molecule has 1 aromatic heterocycles. The molecule has 5 heteroatoms. The zero-order chi connectivity index (χ0) is 16.2. The quantitative estimate of drug-likeness (QED) is 0.754. The number of anilines is 1. The molecule has 1 amide bonds. The van der Waals surface area contributed by atoms with Crippen LogP contribution in [0.25, 0.3) is 10.8 Å². The Balaban J connectivity index is 1.85. The van der Waals surface area contributed by atoms with Crippen LogP contribution in [0, 0.1) is 0 Å². The van der Waals surface area contributed by atoms with Crippen LogP contribution in [0.3, 0.4) is 0 Å². The molecule has 0 atom stereocenters. The minimum atomic E-state index is -0.418. The zero-order valence-corrected chi connectivity index (χ0v) is 12.4. The molecule has 114 valence electrons. The van der Waals surface area contributed by atoms with Gasteiger partial charge in [0.05, 0.1) is 12.7 Å². The minimum Gasteiger partial charge on any atom is -0.465 e. The van der Waals surface area contributed by atoms with Gasteiger partial charge in [-0.15, -0.1) is 0 Å². The van der Waals surface area contributed by atoms with Crippen molar-refractivity contribution in [2.24, 2.45) is 0 Å². The van der Waals surface area contributed by atoms with Gasteiger partial charge in [0.25, 0.3) is 5.91 Å². The van der Waals surface area contributed by atoms with Crippen LogP contribution in [0.5, 0.6) is 0 Å². The molecule has 0 aliphatic heterocycles. The number of methoxy groups -OCH3 is 1. The molecule has 1 N–H and O–H groups in total. The number of carbonyl (C=O) groups excluding carboxylic acids is 2. The molecule has 0 fully saturated rings. The van der Waals surface area contributed by atoms with E-state index < -0.39 is 5.97 Å². The Morgan fingerprint density at radius 1 is 1.00 bits per heavy atom.